The highest BCUT2D eigenvalue weighted by atomic mass is 16.3. The van der Waals surface area contributed by atoms with Crippen molar-refractivity contribution in [1.29, 1.82) is 0 Å². The monoisotopic (exact) mass is 398 g/mol. The topological polar surface area (TPSA) is 94.8 Å². The molecule has 1 aromatic heterocycles. The largest absolute Gasteiger partial charge is 0.383 e. The van der Waals surface area contributed by atoms with Gasteiger partial charge in [0.2, 0.25) is 5.91 Å². The van der Waals surface area contributed by atoms with Gasteiger partial charge in [0.05, 0.1) is 12.7 Å². The molecule has 1 amide bonds. The van der Waals surface area contributed by atoms with Gasteiger partial charge in [-0.2, -0.15) is 5.10 Å². The molecule has 156 valence electrons. The zero-order chi connectivity index (χ0) is 20.9. The second-order valence-electron chi connectivity index (χ2n) is 7.50. The number of nitrogens with zero attached hydrogens (tertiary/aromatic N) is 4. The zero-order valence-electron chi connectivity index (χ0n) is 17.4. The van der Waals surface area contributed by atoms with E-state index in [1.165, 1.54) is 5.56 Å². The molecule has 1 aliphatic heterocycles. The number of aryl methyl sites for hydroxylation is 2. The summed E-state index contributed by atoms with van der Waals surface area (Å²) in [6.07, 6.45) is 5.38. The van der Waals surface area contributed by atoms with Crippen molar-refractivity contribution in [3.8, 4) is 0 Å². The lowest BCUT2D eigenvalue weighted by atomic mass is 10.00. The molecule has 0 saturated carbocycles. The van der Waals surface area contributed by atoms with E-state index in [1.807, 2.05) is 37.1 Å². The quantitative estimate of drug-likeness (QED) is 0.501. The van der Waals surface area contributed by atoms with Crippen LogP contribution in [0.15, 0.2) is 41.7 Å². The number of aromatic nitrogens is 2. The van der Waals surface area contributed by atoms with E-state index in [2.05, 4.69) is 26.8 Å². The molecule has 2 heterocycles. The van der Waals surface area contributed by atoms with Crippen LogP contribution in [0.1, 0.15) is 31.4 Å². The van der Waals surface area contributed by atoms with E-state index in [-0.39, 0.29) is 19.0 Å². The Morgan fingerprint density at radius 3 is 2.86 bits per heavy atom. The van der Waals surface area contributed by atoms with Crippen molar-refractivity contribution >= 4 is 17.6 Å². The molecule has 0 spiro atoms. The Morgan fingerprint density at radius 1 is 1.34 bits per heavy atom. The van der Waals surface area contributed by atoms with Crippen LogP contribution in [0.5, 0.6) is 0 Å². The average Bonchev–Trinajstić information content (AvgIpc) is 3.17. The normalized spacial score (nSPS) is 16.1. The van der Waals surface area contributed by atoms with Crippen LogP contribution >= 0.6 is 0 Å². The lowest BCUT2D eigenvalue weighted by Crippen LogP contribution is -2.45. The number of nitrogens with one attached hydrogen (secondary N) is 2. The first kappa shape index (κ1) is 20.9. The molecular formula is C21H30N6O2. The summed E-state index contributed by atoms with van der Waals surface area (Å²) in [7, 11) is 1.81. The Hall–Kier alpha value is -2.87. The molecule has 0 aliphatic carbocycles. The van der Waals surface area contributed by atoms with Crippen LogP contribution in [-0.4, -0.2) is 52.9 Å². The van der Waals surface area contributed by atoms with Gasteiger partial charge >= 0.3 is 0 Å². The lowest BCUT2D eigenvalue weighted by molar-refractivity contribution is -0.117. The molecule has 1 atom stereocenters. The number of fused-ring (bicyclic) bond motifs is 1. The molecule has 3 rings (SSSR count). The molecule has 2 aromatic rings. The first-order valence-electron chi connectivity index (χ1n) is 10.0. The predicted octanol–water partition coefficient (Wildman–Crippen LogP) is 1.16. The summed E-state index contributed by atoms with van der Waals surface area (Å²) in [4.78, 5) is 19.0. The van der Waals surface area contributed by atoms with Crippen LogP contribution in [0.4, 0.5) is 5.69 Å². The summed E-state index contributed by atoms with van der Waals surface area (Å²) < 4.78 is 1.65. The highest BCUT2D eigenvalue weighted by Crippen LogP contribution is 2.26. The molecule has 29 heavy (non-hydrogen) atoms. The van der Waals surface area contributed by atoms with Crippen LogP contribution in [0.3, 0.4) is 0 Å². The molecule has 0 saturated heterocycles. The van der Waals surface area contributed by atoms with Crippen LogP contribution in [0.2, 0.25) is 0 Å². The molecule has 8 nitrogen and oxygen atoms in total. The Balaban J connectivity index is 1.64. The Kier molecular flexibility index (Phi) is 6.53. The highest BCUT2D eigenvalue weighted by molar-refractivity contribution is 5.97. The summed E-state index contributed by atoms with van der Waals surface area (Å²) >= 11 is 0. The van der Waals surface area contributed by atoms with E-state index < -0.39 is 5.60 Å². The fraction of sp³-hybridized carbons (Fsp3) is 0.476. The summed E-state index contributed by atoms with van der Waals surface area (Å²) in [5.74, 6) is 0.462. The number of anilines is 1. The second kappa shape index (κ2) is 9.09. The number of hydrogen-bond donors (Lipinski definition) is 3. The maximum Gasteiger partial charge on any atom is 0.248 e. The number of guanidine groups is 1. The maximum atomic E-state index is 12.8. The Labute approximate surface area is 171 Å². The van der Waals surface area contributed by atoms with Crippen molar-refractivity contribution in [2.45, 2.75) is 32.3 Å². The van der Waals surface area contributed by atoms with Gasteiger partial charge in [0.25, 0.3) is 0 Å². The second-order valence-corrected chi connectivity index (χ2v) is 7.50. The van der Waals surface area contributed by atoms with Crippen molar-refractivity contribution in [2.75, 3.05) is 31.1 Å². The maximum absolute atomic E-state index is 12.8. The van der Waals surface area contributed by atoms with E-state index >= 15 is 0 Å². The Morgan fingerprint density at radius 2 is 2.14 bits per heavy atom. The van der Waals surface area contributed by atoms with E-state index in [4.69, 9.17) is 0 Å². The fourth-order valence-electron chi connectivity index (χ4n) is 3.42. The lowest BCUT2D eigenvalue weighted by Gasteiger charge is -2.29. The first-order valence-corrected chi connectivity index (χ1v) is 10.0. The minimum atomic E-state index is -1.11. The highest BCUT2D eigenvalue weighted by Gasteiger charge is 2.25. The van der Waals surface area contributed by atoms with Gasteiger partial charge in [-0.1, -0.05) is 18.2 Å². The molecule has 1 aliphatic rings. The van der Waals surface area contributed by atoms with E-state index in [1.54, 1.807) is 24.0 Å². The number of rotatable bonds is 6. The first-order chi connectivity index (χ1) is 13.9. The van der Waals surface area contributed by atoms with Gasteiger partial charge in [0, 0.05) is 37.6 Å². The zero-order valence-corrected chi connectivity index (χ0v) is 17.4. The van der Waals surface area contributed by atoms with Gasteiger partial charge < -0.3 is 20.6 Å². The van der Waals surface area contributed by atoms with Gasteiger partial charge in [0.1, 0.15) is 12.1 Å². The number of carbonyl (C=O) groups excluding carboxylic acids is 1. The van der Waals surface area contributed by atoms with Gasteiger partial charge in [-0.15, -0.1) is 0 Å². The van der Waals surface area contributed by atoms with Crippen molar-refractivity contribution in [1.82, 2.24) is 20.4 Å². The number of para-hydroxylation sites is 1. The van der Waals surface area contributed by atoms with E-state index in [9.17, 15) is 9.90 Å². The van der Waals surface area contributed by atoms with Crippen molar-refractivity contribution in [3.05, 3.63) is 47.8 Å². The van der Waals surface area contributed by atoms with Crippen molar-refractivity contribution in [2.24, 2.45) is 12.0 Å². The standard InChI is InChI=1S/C21H30N6O2/c1-4-22-20(24-15-21(2,29)17-12-25-26(3)14-17)23-13-19(28)27-11-7-9-16-8-5-6-10-18(16)27/h5-6,8,10,12,14,29H,4,7,9,11,13,15H2,1-3H3,(H2,22,23,24). The third-order valence-electron chi connectivity index (χ3n) is 5.05. The number of benzene rings is 1. The summed E-state index contributed by atoms with van der Waals surface area (Å²) in [5.41, 5.74) is 1.79. The number of aliphatic imine (C=N–C) groups is 1. The van der Waals surface area contributed by atoms with Crippen LogP contribution < -0.4 is 15.5 Å². The van der Waals surface area contributed by atoms with Gasteiger partial charge in [0.15, 0.2) is 5.96 Å². The van der Waals surface area contributed by atoms with Crippen LogP contribution in [0.25, 0.3) is 0 Å². The predicted molar refractivity (Wildman–Crippen MR) is 114 cm³/mol. The van der Waals surface area contributed by atoms with E-state index in [0.717, 1.165) is 18.5 Å². The van der Waals surface area contributed by atoms with Crippen LogP contribution in [0, 0.1) is 0 Å². The molecule has 0 radical (unpaired) electrons. The minimum Gasteiger partial charge on any atom is -0.383 e. The molecular weight excluding hydrogens is 368 g/mol. The van der Waals surface area contributed by atoms with Crippen molar-refractivity contribution < 1.29 is 9.90 Å². The molecule has 3 N–H and O–H groups in total. The molecule has 0 bridgehead atoms. The average molecular weight is 399 g/mol. The van der Waals surface area contributed by atoms with Gasteiger partial charge in [-0.3, -0.25) is 9.48 Å². The smallest absolute Gasteiger partial charge is 0.248 e. The molecule has 1 unspecified atom stereocenters. The summed E-state index contributed by atoms with van der Waals surface area (Å²) in [5, 5.41) is 21.1. The fourth-order valence-corrected chi connectivity index (χ4v) is 3.42. The number of hydrogen-bond acceptors (Lipinski definition) is 4. The number of carbonyl (C=O) groups is 1. The summed E-state index contributed by atoms with van der Waals surface area (Å²) in [6.45, 7) is 5.33. The summed E-state index contributed by atoms with van der Waals surface area (Å²) in [6, 6.07) is 8.03. The third kappa shape index (κ3) is 5.14. The Bertz CT molecular complexity index is 874. The molecule has 0 fully saturated rings. The van der Waals surface area contributed by atoms with Crippen molar-refractivity contribution in [3.63, 3.8) is 0 Å². The molecule has 1 aromatic carbocycles. The number of amides is 1. The number of aliphatic hydroxyl groups is 1. The van der Waals surface area contributed by atoms with Crippen LogP contribution in [-0.2, 0) is 23.9 Å². The third-order valence-corrected chi connectivity index (χ3v) is 5.05. The minimum absolute atomic E-state index is 0.0339. The molecule has 8 heteroatoms. The SMILES string of the molecule is CCNC(=NCC(=O)N1CCCc2ccccc21)NCC(C)(O)c1cnn(C)c1. The van der Waals surface area contributed by atoms with E-state index in [0.29, 0.717) is 24.6 Å². The van der Waals surface area contributed by atoms with Gasteiger partial charge in [-0.25, -0.2) is 4.99 Å². The van der Waals surface area contributed by atoms with Gasteiger partial charge in [-0.05, 0) is 38.3 Å².